The minimum absolute atomic E-state index is 0.0647. The lowest BCUT2D eigenvalue weighted by molar-refractivity contribution is -0.144. The molecule has 0 aromatic heterocycles. The summed E-state index contributed by atoms with van der Waals surface area (Å²) in [4.78, 5) is 125. The Morgan fingerprint density at radius 1 is 0.755 bits per heavy atom. The third-order valence-electron chi connectivity index (χ3n) is 7.76. The van der Waals surface area contributed by atoms with Gasteiger partial charge in [-0.15, -0.1) is 0 Å². The van der Waals surface area contributed by atoms with Gasteiger partial charge in [-0.25, -0.2) is 4.79 Å². The highest BCUT2D eigenvalue weighted by atomic mass is 32.2. The fourth-order valence-electron chi connectivity index (χ4n) is 5.06. The lowest BCUT2D eigenvalue weighted by Gasteiger charge is -2.29. The Balaban J connectivity index is 3.12. The Bertz CT molecular complexity index is 1400. The molecular weight excluding hydrogens is 728 g/mol. The van der Waals surface area contributed by atoms with Crippen LogP contribution >= 0.6 is 11.8 Å². The van der Waals surface area contributed by atoms with Gasteiger partial charge >= 0.3 is 5.97 Å². The molecule has 1 rings (SSSR count). The molecule has 53 heavy (non-hydrogen) atoms. The SMILES string of the molecule is CSCC[C@H](NC(=O)[C@@H](NC(=O)[C@@H]1CCCN1C(=O)[C@@H](N)CC(N)=O)[C@@H](C)O)C(=O)N[C@@H](CO)C(=O)N[C@@H](CC(N)=O)C(=O)N[C@@H](CC(N)=O)C(=O)O. The highest BCUT2D eigenvalue weighted by Crippen LogP contribution is 2.19. The highest BCUT2D eigenvalue weighted by molar-refractivity contribution is 7.98. The maximum atomic E-state index is 13.4. The summed E-state index contributed by atoms with van der Waals surface area (Å²) in [7, 11) is 0. The molecule has 1 aliphatic rings. The van der Waals surface area contributed by atoms with Crippen molar-refractivity contribution < 1.29 is 63.3 Å². The van der Waals surface area contributed by atoms with Gasteiger partial charge in [-0.2, -0.15) is 11.8 Å². The molecule has 23 nitrogen and oxygen atoms in total. The van der Waals surface area contributed by atoms with E-state index in [1.807, 2.05) is 5.32 Å². The molecule has 298 valence electrons. The Labute approximate surface area is 307 Å². The summed E-state index contributed by atoms with van der Waals surface area (Å²) in [6.07, 6.45) is -1.50. The standard InChI is InChI=1S/C29H48N10O13S/c1-12(41)22(38-26(48)18-4-3-6-39(18)28(50)13(30)8-19(31)42)27(49)34-14(5-7-53-2)23(45)37-17(11-40)25(47)35-15(9-20(32)43)24(46)36-16(29(51)52)10-21(33)44/h12-18,22,40-41H,3-11,30H2,1-2H3,(H2,31,42)(H2,32,43)(H2,33,44)(H,34,49)(H,35,47)(H,36,46)(H,37,45)(H,38,48)(H,51,52)/t12-,13+,14+,15+,16+,17+,18+,22+/m1/s1. The molecule has 0 unspecified atom stereocenters. The van der Waals surface area contributed by atoms with E-state index in [0.29, 0.717) is 6.42 Å². The maximum Gasteiger partial charge on any atom is 0.326 e. The van der Waals surface area contributed by atoms with Gasteiger partial charge in [0.1, 0.15) is 36.3 Å². The van der Waals surface area contributed by atoms with E-state index in [1.54, 1.807) is 6.26 Å². The molecule has 0 aromatic carbocycles. The minimum atomic E-state index is -1.83. The molecule has 24 heteroatoms. The number of nitrogens with one attached hydrogen (secondary N) is 5. The molecule has 1 fully saturated rings. The van der Waals surface area contributed by atoms with Crippen LogP contribution in [0.4, 0.5) is 0 Å². The van der Waals surface area contributed by atoms with Crippen molar-refractivity contribution in [2.24, 2.45) is 22.9 Å². The molecule has 1 aliphatic heterocycles. The number of hydrogen-bond acceptors (Lipinski definition) is 14. The van der Waals surface area contributed by atoms with Crippen molar-refractivity contribution in [3.05, 3.63) is 0 Å². The highest BCUT2D eigenvalue weighted by Gasteiger charge is 2.39. The van der Waals surface area contributed by atoms with E-state index in [2.05, 4.69) is 21.3 Å². The number of nitrogens with two attached hydrogens (primary N) is 4. The van der Waals surface area contributed by atoms with Crippen LogP contribution < -0.4 is 49.5 Å². The molecule has 1 heterocycles. The molecule has 0 bridgehead atoms. The lowest BCUT2D eigenvalue weighted by atomic mass is 10.1. The second-order valence-corrected chi connectivity index (χ2v) is 13.1. The van der Waals surface area contributed by atoms with Crippen molar-refractivity contribution in [2.45, 2.75) is 93.8 Å². The first-order valence-corrected chi connectivity index (χ1v) is 17.6. The summed E-state index contributed by atoms with van der Waals surface area (Å²) in [6.45, 7) is 0.230. The zero-order valence-electron chi connectivity index (χ0n) is 29.1. The number of aliphatic hydroxyl groups excluding tert-OH is 2. The lowest BCUT2D eigenvalue weighted by Crippen LogP contribution is -2.62. The molecule has 9 amide bonds. The van der Waals surface area contributed by atoms with Crippen LogP contribution in [0.1, 0.15) is 45.4 Å². The molecule has 8 atom stereocenters. The molecule has 0 saturated carbocycles. The van der Waals surface area contributed by atoms with Crippen molar-refractivity contribution >= 4 is 70.9 Å². The number of carboxylic acid groups (broad SMARTS) is 1. The van der Waals surface area contributed by atoms with Crippen molar-refractivity contribution in [2.75, 3.05) is 25.2 Å². The van der Waals surface area contributed by atoms with Crippen LogP contribution in [0.5, 0.6) is 0 Å². The number of carbonyl (C=O) groups is 10. The third kappa shape index (κ3) is 15.2. The second kappa shape index (κ2) is 22.1. The van der Waals surface area contributed by atoms with Gasteiger partial charge < -0.3 is 69.7 Å². The van der Waals surface area contributed by atoms with E-state index in [0.717, 1.165) is 4.90 Å². The van der Waals surface area contributed by atoms with E-state index >= 15 is 0 Å². The summed E-state index contributed by atoms with van der Waals surface area (Å²) in [5.74, 6) is -10.5. The molecular formula is C29H48N10O13S. The average molecular weight is 777 g/mol. The summed E-state index contributed by atoms with van der Waals surface area (Å²) >= 11 is 1.27. The molecule has 1 saturated heterocycles. The zero-order chi connectivity index (χ0) is 40.6. The molecule has 0 aromatic rings. The predicted octanol–water partition coefficient (Wildman–Crippen LogP) is -7.43. The summed E-state index contributed by atoms with van der Waals surface area (Å²) in [5, 5.41) is 40.5. The smallest absolute Gasteiger partial charge is 0.326 e. The van der Waals surface area contributed by atoms with Gasteiger partial charge in [0.2, 0.25) is 53.2 Å². The number of carboxylic acids is 1. The molecule has 0 spiro atoms. The first-order valence-electron chi connectivity index (χ1n) is 16.2. The fraction of sp³-hybridized carbons (Fsp3) is 0.655. The Morgan fingerprint density at radius 2 is 1.25 bits per heavy atom. The number of aliphatic carboxylic acids is 1. The number of aliphatic hydroxyl groups is 2. The van der Waals surface area contributed by atoms with Gasteiger partial charge in [0.25, 0.3) is 0 Å². The van der Waals surface area contributed by atoms with Gasteiger partial charge in [0.15, 0.2) is 0 Å². The van der Waals surface area contributed by atoms with E-state index in [4.69, 9.17) is 22.9 Å². The maximum absolute atomic E-state index is 13.4. The first kappa shape index (κ1) is 46.0. The van der Waals surface area contributed by atoms with Crippen LogP contribution in [0.25, 0.3) is 0 Å². The average Bonchev–Trinajstić information content (AvgIpc) is 3.55. The van der Waals surface area contributed by atoms with Gasteiger partial charge in [-0.05, 0) is 38.2 Å². The van der Waals surface area contributed by atoms with Crippen LogP contribution in [0.15, 0.2) is 0 Å². The van der Waals surface area contributed by atoms with Crippen LogP contribution in [0.3, 0.4) is 0 Å². The molecule has 0 radical (unpaired) electrons. The number of rotatable bonds is 23. The van der Waals surface area contributed by atoms with Crippen molar-refractivity contribution in [3.63, 3.8) is 0 Å². The largest absolute Gasteiger partial charge is 0.480 e. The summed E-state index contributed by atoms with van der Waals surface area (Å²) in [5.41, 5.74) is 21.0. The van der Waals surface area contributed by atoms with Crippen molar-refractivity contribution in [3.8, 4) is 0 Å². The van der Waals surface area contributed by atoms with Gasteiger partial charge in [-0.3, -0.25) is 43.2 Å². The second-order valence-electron chi connectivity index (χ2n) is 12.1. The third-order valence-corrected chi connectivity index (χ3v) is 8.40. The Kier molecular flexibility index (Phi) is 19.2. The van der Waals surface area contributed by atoms with Gasteiger partial charge in [0.05, 0.1) is 38.0 Å². The van der Waals surface area contributed by atoms with Crippen LogP contribution in [0, 0.1) is 0 Å². The Morgan fingerprint density at radius 3 is 1.75 bits per heavy atom. The zero-order valence-corrected chi connectivity index (χ0v) is 29.9. The monoisotopic (exact) mass is 776 g/mol. The summed E-state index contributed by atoms with van der Waals surface area (Å²) < 4.78 is 0. The van der Waals surface area contributed by atoms with Crippen LogP contribution in [-0.2, 0) is 47.9 Å². The number of amides is 9. The predicted molar refractivity (Wildman–Crippen MR) is 183 cm³/mol. The van der Waals surface area contributed by atoms with E-state index in [9.17, 15) is 63.3 Å². The van der Waals surface area contributed by atoms with E-state index in [-0.39, 0.29) is 25.1 Å². The van der Waals surface area contributed by atoms with Crippen molar-refractivity contribution in [1.29, 1.82) is 0 Å². The van der Waals surface area contributed by atoms with Gasteiger partial charge in [0, 0.05) is 6.54 Å². The van der Waals surface area contributed by atoms with Gasteiger partial charge in [-0.1, -0.05) is 0 Å². The fourth-order valence-corrected chi connectivity index (χ4v) is 5.53. The number of carbonyl (C=O) groups excluding carboxylic acids is 9. The number of primary amides is 3. The quantitative estimate of drug-likeness (QED) is 0.0459. The van der Waals surface area contributed by atoms with Crippen molar-refractivity contribution in [1.82, 2.24) is 31.5 Å². The number of nitrogens with zero attached hydrogens (tertiary/aromatic N) is 1. The number of likely N-dealkylation sites (tertiary alicyclic amines) is 1. The van der Waals surface area contributed by atoms with Crippen LogP contribution in [-0.4, -0.2) is 153 Å². The number of hydrogen-bond donors (Lipinski definition) is 12. The Hall–Kier alpha value is -5.07. The topological polar surface area (TPSA) is 399 Å². The van der Waals surface area contributed by atoms with Crippen LogP contribution in [0.2, 0.25) is 0 Å². The van der Waals surface area contributed by atoms with E-state index < -0.39 is 133 Å². The summed E-state index contributed by atoms with van der Waals surface area (Å²) in [6, 6.07) is -11.0. The minimum Gasteiger partial charge on any atom is -0.480 e. The molecule has 16 N–H and O–H groups in total. The normalized spacial score (nSPS) is 17.8. The molecule has 0 aliphatic carbocycles. The number of thioether (sulfide) groups is 1. The van der Waals surface area contributed by atoms with E-state index in [1.165, 1.54) is 18.7 Å². The first-order chi connectivity index (χ1) is 24.7.